The van der Waals surface area contributed by atoms with E-state index >= 15 is 0 Å². The van der Waals surface area contributed by atoms with Crippen molar-refractivity contribution in [2.45, 2.75) is 18.7 Å². The van der Waals surface area contributed by atoms with Crippen LogP contribution in [0.15, 0.2) is 60.8 Å². The van der Waals surface area contributed by atoms with Gasteiger partial charge in [0.25, 0.3) is 0 Å². The van der Waals surface area contributed by atoms with Crippen LogP contribution in [0.4, 0.5) is 0 Å². The molecule has 25 heavy (non-hydrogen) atoms. The van der Waals surface area contributed by atoms with Crippen LogP contribution in [0.5, 0.6) is 0 Å². The highest BCUT2D eigenvalue weighted by Crippen LogP contribution is 2.47. The van der Waals surface area contributed by atoms with Gasteiger partial charge in [-0.1, -0.05) is 42.5 Å². The van der Waals surface area contributed by atoms with Crippen molar-refractivity contribution in [2.75, 3.05) is 0 Å². The number of carbonyl (C=O) groups is 1. The molecule has 3 rings (SSSR count). The van der Waals surface area contributed by atoms with E-state index in [9.17, 15) is 19.4 Å². The van der Waals surface area contributed by atoms with E-state index in [-0.39, 0.29) is 12.6 Å². The highest BCUT2D eigenvalue weighted by molar-refractivity contribution is 7.52. The molecular formula is C18H18NO5P. The third kappa shape index (κ3) is 4.37. The molecule has 2 atom stereocenters. The van der Waals surface area contributed by atoms with Crippen LogP contribution >= 0.6 is 7.60 Å². The van der Waals surface area contributed by atoms with Gasteiger partial charge in [-0.15, -0.1) is 0 Å². The lowest BCUT2D eigenvalue weighted by molar-refractivity contribution is -0.145. The molecule has 3 aromatic rings. The molecule has 2 aromatic carbocycles. The largest absolute Gasteiger partial charge is 0.479 e. The lowest BCUT2D eigenvalue weighted by Gasteiger charge is -2.18. The zero-order valence-electron chi connectivity index (χ0n) is 13.3. The maximum absolute atomic E-state index is 12.4. The first-order chi connectivity index (χ1) is 11.9. The molecule has 0 radical (unpaired) electrons. The second-order valence-corrected chi connectivity index (χ2v) is 7.58. The van der Waals surface area contributed by atoms with Gasteiger partial charge >= 0.3 is 13.6 Å². The number of carboxylic acids is 1. The van der Waals surface area contributed by atoms with Gasteiger partial charge in [0.2, 0.25) is 0 Å². The molecule has 0 saturated carbocycles. The zero-order chi connectivity index (χ0) is 17.9. The van der Waals surface area contributed by atoms with E-state index in [1.807, 2.05) is 12.1 Å². The fraction of sp³-hybridized carbons (Fsp3) is 0.167. The number of hydrogen-bond donors (Lipinski definition) is 3. The molecule has 0 aliphatic carbocycles. The molecule has 7 heteroatoms. The first-order valence-corrected chi connectivity index (χ1v) is 9.53. The van der Waals surface area contributed by atoms with E-state index in [1.165, 1.54) is 0 Å². The minimum absolute atomic E-state index is 0.00384. The van der Waals surface area contributed by atoms with Crippen LogP contribution in [-0.2, 0) is 26.5 Å². The minimum Gasteiger partial charge on any atom is -0.479 e. The summed E-state index contributed by atoms with van der Waals surface area (Å²) in [6.07, 6.45) is 0.132. The predicted molar refractivity (Wildman–Crippen MR) is 94.5 cm³/mol. The van der Waals surface area contributed by atoms with Crippen LogP contribution in [0.25, 0.3) is 10.9 Å². The number of aromatic amines is 1. The Morgan fingerprint density at radius 1 is 1.12 bits per heavy atom. The molecule has 0 amide bonds. The van der Waals surface area contributed by atoms with Gasteiger partial charge in [-0.05, 0) is 23.3 Å². The van der Waals surface area contributed by atoms with Crippen LogP contribution < -0.4 is 0 Å². The first-order valence-electron chi connectivity index (χ1n) is 7.76. The summed E-state index contributed by atoms with van der Waals surface area (Å²) in [6.45, 7) is 0. The van der Waals surface area contributed by atoms with Gasteiger partial charge in [0, 0.05) is 23.5 Å². The van der Waals surface area contributed by atoms with E-state index in [0.717, 1.165) is 16.5 Å². The van der Waals surface area contributed by atoms with Gasteiger partial charge in [-0.25, -0.2) is 4.79 Å². The summed E-state index contributed by atoms with van der Waals surface area (Å²) >= 11 is 0. The van der Waals surface area contributed by atoms with Crippen LogP contribution in [-0.4, -0.2) is 27.1 Å². The van der Waals surface area contributed by atoms with Crippen molar-refractivity contribution in [3.8, 4) is 0 Å². The lowest BCUT2D eigenvalue weighted by Crippen LogP contribution is -2.25. The highest BCUT2D eigenvalue weighted by atomic mass is 31.2. The summed E-state index contributed by atoms with van der Waals surface area (Å²) in [5.74, 6) is -1.27. The first kappa shape index (κ1) is 17.4. The lowest BCUT2D eigenvalue weighted by atomic mass is 10.0. The molecular weight excluding hydrogens is 341 g/mol. The van der Waals surface area contributed by atoms with Crippen LogP contribution in [0.2, 0.25) is 0 Å². The van der Waals surface area contributed by atoms with Crippen molar-refractivity contribution >= 4 is 24.5 Å². The van der Waals surface area contributed by atoms with Crippen molar-refractivity contribution < 1.29 is 23.9 Å². The van der Waals surface area contributed by atoms with Crippen LogP contribution in [0, 0.1) is 0 Å². The van der Waals surface area contributed by atoms with Crippen LogP contribution in [0.3, 0.4) is 0 Å². The van der Waals surface area contributed by atoms with Gasteiger partial charge in [0.1, 0.15) is 0 Å². The Kier molecular flexibility index (Phi) is 5.04. The standard InChI is InChI=1S/C18H18NO5P/c20-18(21)17(11-14-7-4-8-16-15(14)9-10-19-16)24-25(22,23)12-13-5-2-1-3-6-13/h1-10,17,19H,11-12H2,(H,20,21)(H,22,23). The maximum Gasteiger partial charge on any atom is 0.333 e. The zero-order valence-corrected chi connectivity index (χ0v) is 14.2. The second kappa shape index (κ2) is 7.23. The third-order valence-corrected chi connectivity index (χ3v) is 5.23. The normalized spacial score (nSPS) is 14.9. The average Bonchev–Trinajstić information content (AvgIpc) is 3.04. The second-order valence-electron chi connectivity index (χ2n) is 5.77. The Bertz CT molecular complexity index is 921. The monoisotopic (exact) mass is 359 g/mol. The summed E-state index contributed by atoms with van der Waals surface area (Å²) in [5.41, 5.74) is 2.23. The van der Waals surface area contributed by atoms with Crippen LogP contribution in [0.1, 0.15) is 11.1 Å². The molecule has 1 heterocycles. The van der Waals surface area contributed by atoms with Gasteiger partial charge < -0.3 is 15.0 Å². The number of carboxylic acid groups (broad SMARTS) is 1. The molecule has 0 spiro atoms. The SMILES string of the molecule is O=C(O)C(Cc1cccc2[nH]ccc12)OP(=O)(O)Cc1ccccc1. The summed E-state index contributed by atoms with van der Waals surface area (Å²) in [7, 11) is -4.10. The van der Waals surface area contributed by atoms with Crippen molar-refractivity contribution in [3.63, 3.8) is 0 Å². The number of H-pyrrole nitrogens is 1. The average molecular weight is 359 g/mol. The third-order valence-electron chi connectivity index (χ3n) is 3.88. The van der Waals surface area contributed by atoms with Gasteiger partial charge in [0.05, 0.1) is 6.16 Å². The number of fused-ring (bicyclic) bond motifs is 1. The Morgan fingerprint density at radius 2 is 1.88 bits per heavy atom. The molecule has 0 aliphatic heterocycles. The number of hydrogen-bond acceptors (Lipinski definition) is 3. The van der Waals surface area contributed by atoms with Crippen molar-refractivity contribution in [1.82, 2.24) is 4.98 Å². The molecule has 1 aromatic heterocycles. The number of rotatable bonds is 7. The van der Waals surface area contributed by atoms with E-state index in [4.69, 9.17) is 4.52 Å². The summed E-state index contributed by atoms with van der Waals surface area (Å²) in [4.78, 5) is 24.7. The number of aromatic nitrogens is 1. The Labute approximate surface area is 144 Å². The highest BCUT2D eigenvalue weighted by Gasteiger charge is 2.30. The fourth-order valence-corrected chi connectivity index (χ4v) is 4.06. The Balaban J connectivity index is 1.78. The maximum atomic E-state index is 12.4. The number of nitrogens with one attached hydrogen (secondary N) is 1. The van der Waals surface area contributed by atoms with E-state index < -0.39 is 19.7 Å². The molecule has 3 N–H and O–H groups in total. The van der Waals surface area contributed by atoms with Gasteiger partial charge in [-0.3, -0.25) is 9.09 Å². The summed E-state index contributed by atoms with van der Waals surface area (Å²) in [6, 6.07) is 16.0. The molecule has 0 aliphatic rings. The van der Waals surface area contributed by atoms with Crippen molar-refractivity contribution in [1.29, 1.82) is 0 Å². The van der Waals surface area contributed by atoms with E-state index in [2.05, 4.69) is 4.98 Å². The van der Waals surface area contributed by atoms with E-state index in [0.29, 0.717) is 5.56 Å². The molecule has 0 fully saturated rings. The van der Waals surface area contributed by atoms with Gasteiger partial charge in [-0.2, -0.15) is 0 Å². The fourth-order valence-electron chi connectivity index (χ4n) is 2.75. The molecule has 0 bridgehead atoms. The predicted octanol–water partition coefficient (Wildman–Crippen LogP) is 3.57. The number of aliphatic carboxylic acids is 1. The molecule has 2 unspecified atom stereocenters. The minimum atomic E-state index is -4.10. The summed E-state index contributed by atoms with van der Waals surface area (Å²) < 4.78 is 17.5. The Morgan fingerprint density at radius 3 is 2.60 bits per heavy atom. The van der Waals surface area contributed by atoms with E-state index in [1.54, 1.807) is 48.7 Å². The summed E-state index contributed by atoms with van der Waals surface area (Å²) in [5, 5.41) is 10.3. The Hall–Kier alpha value is -2.40. The van der Waals surface area contributed by atoms with Crippen molar-refractivity contribution in [3.05, 3.63) is 71.9 Å². The molecule has 6 nitrogen and oxygen atoms in total. The molecule has 130 valence electrons. The molecule has 0 saturated heterocycles. The van der Waals surface area contributed by atoms with Crippen molar-refractivity contribution in [2.24, 2.45) is 0 Å². The number of benzene rings is 2. The smallest absolute Gasteiger partial charge is 0.333 e. The quantitative estimate of drug-likeness (QED) is 0.560. The topological polar surface area (TPSA) is 99.6 Å². The van der Waals surface area contributed by atoms with Gasteiger partial charge in [0.15, 0.2) is 6.10 Å².